The summed E-state index contributed by atoms with van der Waals surface area (Å²) >= 11 is 0. The molecule has 8 rings (SSSR count). The minimum absolute atomic E-state index is 0.0902. The van der Waals surface area contributed by atoms with Gasteiger partial charge in [0.25, 0.3) is 0 Å². The van der Waals surface area contributed by atoms with Crippen LogP contribution in [0, 0.1) is 56.7 Å². The zero-order chi connectivity index (χ0) is 31.6. The number of morpholine rings is 1. The topological polar surface area (TPSA) is 91.1 Å². The molecule has 2 heterocycles. The number of ether oxygens (including phenoxy) is 3. The molecule has 6 aliphatic carbocycles. The van der Waals surface area contributed by atoms with Gasteiger partial charge in [0.15, 0.2) is 6.29 Å². The second-order valence-corrected chi connectivity index (χ2v) is 18.5. The van der Waals surface area contributed by atoms with Crippen LogP contribution in [0.4, 0.5) is 0 Å². The van der Waals surface area contributed by atoms with E-state index in [4.69, 9.17) is 19.9 Å². The normalized spacial score (nSPS) is 51.3. The lowest BCUT2D eigenvalue weighted by Gasteiger charge is -2.63. The maximum Gasteiger partial charge on any atom is 0.223 e. The number of hydrogen-bond donors (Lipinski definition) is 1. The van der Waals surface area contributed by atoms with Gasteiger partial charge in [-0.15, -0.1) is 0 Å². The minimum Gasteiger partial charge on any atom is -0.375 e. The fourth-order valence-electron chi connectivity index (χ4n) is 13.9. The van der Waals surface area contributed by atoms with E-state index in [0.717, 1.165) is 25.2 Å². The van der Waals surface area contributed by atoms with Crippen molar-refractivity contribution in [2.24, 2.45) is 62.4 Å². The summed E-state index contributed by atoms with van der Waals surface area (Å²) in [7, 11) is 0. The molecule has 7 nitrogen and oxygen atoms in total. The first-order chi connectivity index (χ1) is 21.3. The van der Waals surface area contributed by atoms with E-state index in [1.807, 2.05) is 4.90 Å². The molecule has 8 fully saturated rings. The number of nitrogens with zero attached hydrogens (tertiary/aromatic N) is 1. The molecular formula is C38H60N2O5. The number of carbonyl (C=O) groups is 2. The van der Waals surface area contributed by atoms with Gasteiger partial charge in [0, 0.05) is 19.4 Å². The van der Waals surface area contributed by atoms with Crippen LogP contribution in [0.15, 0.2) is 0 Å². The zero-order valence-corrected chi connectivity index (χ0v) is 28.8. The number of carbonyl (C=O) groups excluding carboxylic acids is 2. The lowest BCUT2D eigenvalue weighted by Crippen LogP contribution is -2.58. The fraction of sp³-hybridized carbons (Fsp3) is 0.947. The van der Waals surface area contributed by atoms with Gasteiger partial charge in [0.05, 0.1) is 31.5 Å². The highest BCUT2D eigenvalue weighted by Gasteiger charge is 2.83. The summed E-state index contributed by atoms with van der Waals surface area (Å²) in [5.41, 5.74) is 7.15. The Balaban J connectivity index is 0.976. The van der Waals surface area contributed by atoms with Crippen molar-refractivity contribution in [2.45, 2.75) is 149 Å². The Morgan fingerprint density at radius 1 is 0.956 bits per heavy atom. The van der Waals surface area contributed by atoms with E-state index in [1.165, 1.54) is 57.8 Å². The third-order valence-electron chi connectivity index (χ3n) is 16.3. The van der Waals surface area contributed by atoms with Crippen molar-refractivity contribution < 1.29 is 23.8 Å². The average Bonchev–Trinajstić information content (AvgIpc) is 3.89. The Morgan fingerprint density at radius 2 is 1.71 bits per heavy atom. The van der Waals surface area contributed by atoms with Gasteiger partial charge >= 0.3 is 0 Å². The highest BCUT2D eigenvalue weighted by Crippen LogP contribution is 2.89. The highest BCUT2D eigenvalue weighted by atomic mass is 16.7. The molecule has 0 aromatic carbocycles. The standard InChI is InChI=1S/C38H60N2O5/c1-23-18-25(8-11-30(39)41)44-26-20-36(5)28-10-9-27-34(2,3)29(45-32-21-40(16-17-43-32)31(42)19-24-6-7-24)12-13-37(27)22-38(28,37)15-14-35(36,4)33(23)26/h23-29,32-33H,6-22H2,1-5H3,(H2,39,41)/t23-,25?,26?,27?,28+,29+,32?,33?,35-,36+,37?,38+/m1/s1. The van der Waals surface area contributed by atoms with Crippen molar-refractivity contribution in [3.8, 4) is 0 Å². The van der Waals surface area contributed by atoms with Crippen LogP contribution in [0.2, 0.25) is 0 Å². The highest BCUT2D eigenvalue weighted by molar-refractivity contribution is 5.76. The van der Waals surface area contributed by atoms with E-state index >= 15 is 0 Å². The van der Waals surface area contributed by atoms with Gasteiger partial charge in [-0.25, -0.2) is 0 Å². The van der Waals surface area contributed by atoms with Gasteiger partial charge in [-0.05, 0) is 134 Å². The zero-order valence-electron chi connectivity index (χ0n) is 28.8. The molecule has 252 valence electrons. The van der Waals surface area contributed by atoms with Gasteiger partial charge in [0.2, 0.25) is 11.8 Å². The SMILES string of the molecule is C[C@@H]1CC(CCC(N)=O)OC2C[C@@]3(C)[C@@H]4CCC5C(C)(C)[C@@H](OC6CN(C(=O)CC7CC7)CCO6)CCC56C[C@@]46CC[C@]3(C)C21. The summed E-state index contributed by atoms with van der Waals surface area (Å²) in [6.07, 6.45) is 16.1. The molecule has 2 saturated heterocycles. The van der Waals surface area contributed by atoms with Crippen molar-refractivity contribution >= 4 is 11.8 Å². The quantitative estimate of drug-likeness (QED) is 0.351. The number of amides is 2. The van der Waals surface area contributed by atoms with E-state index in [2.05, 4.69) is 34.6 Å². The molecule has 45 heavy (non-hydrogen) atoms. The van der Waals surface area contributed by atoms with Gasteiger partial charge in [-0.2, -0.15) is 0 Å². The van der Waals surface area contributed by atoms with E-state index in [0.29, 0.717) is 89.9 Å². The number of rotatable bonds is 7. The molecule has 12 atom stereocenters. The van der Waals surface area contributed by atoms with Crippen LogP contribution in [0.25, 0.3) is 0 Å². The fourth-order valence-corrected chi connectivity index (χ4v) is 13.9. The Bertz CT molecular complexity index is 1220. The molecular weight excluding hydrogens is 564 g/mol. The maximum atomic E-state index is 12.9. The van der Waals surface area contributed by atoms with Crippen LogP contribution in [0.5, 0.6) is 0 Å². The number of primary amides is 1. The first-order valence-electron chi connectivity index (χ1n) is 18.8. The first kappa shape index (κ1) is 31.1. The van der Waals surface area contributed by atoms with Crippen LogP contribution in [0.1, 0.15) is 125 Å². The second-order valence-electron chi connectivity index (χ2n) is 18.5. The summed E-state index contributed by atoms with van der Waals surface area (Å²) in [6, 6.07) is 0. The number of nitrogens with two attached hydrogens (primary N) is 1. The molecule has 6 saturated carbocycles. The Hall–Kier alpha value is -1.18. The summed E-state index contributed by atoms with van der Waals surface area (Å²) in [5, 5.41) is 0. The molecule has 0 bridgehead atoms. The molecule has 0 aromatic rings. The molecule has 0 radical (unpaired) electrons. The summed E-state index contributed by atoms with van der Waals surface area (Å²) in [4.78, 5) is 26.4. The summed E-state index contributed by atoms with van der Waals surface area (Å²) < 4.78 is 19.9. The van der Waals surface area contributed by atoms with E-state index < -0.39 is 0 Å². The van der Waals surface area contributed by atoms with Gasteiger partial charge in [-0.3, -0.25) is 9.59 Å². The molecule has 7 heteroatoms. The summed E-state index contributed by atoms with van der Waals surface area (Å²) in [6.45, 7) is 14.6. The van der Waals surface area contributed by atoms with Gasteiger partial charge < -0.3 is 24.8 Å². The third-order valence-corrected chi connectivity index (χ3v) is 16.3. The molecule has 2 spiro atoms. The first-order valence-corrected chi connectivity index (χ1v) is 18.8. The predicted octanol–water partition coefficient (Wildman–Crippen LogP) is 6.46. The number of fused-ring (bicyclic) bond motifs is 4. The molecule has 0 aromatic heterocycles. The Kier molecular flexibility index (Phi) is 7.20. The average molecular weight is 625 g/mol. The monoisotopic (exact) mass is 624 g/mol. The summed E-state index contributed by atoms with van der Waals surface area (Å²) in [5.74, 6) is 3.39. The van der Waals surface area contributed by atoms with E-state index in [1.54, 1.807) is 0 Å². The van der Waals surface area contributed by atoms with E-state index in [-0.39, 0.29) is 29.8 Å². The van der Waals surface area contributed by atoms with Crippen LogP contribution >= 0.6 is 0 Å². The number of hydrogen-bond acceptors (Lipinski definition) is 5. The van der Waals surface area contributed by atoms with Crippen molar-refractivity contribution in [1.29, 1.82) is 0 Å². The molecule has 2 amide bonds. The van der Waals surface area contributed by atoms with Crippen LogP contribution in [-0.4, -0.2) is 61.0 Å². The molecule has 6 unspecified atom stereocenters. The molecule has 2 N–H and O–H groups in total. The molecule has 2 aliphatic heterocycles. The van der Waals surface area contributed by atoms with Crippen LogP contribution in [-0.2, 0) is 23.8 Å². The van der Waals surface area contributed by atoms with Crippen LogP contribution in [0.3, 0.4) is 0 Å². The smallest absolute Gasteiger partial charge is 0.223 e. The minimum atomic E-state index is -0.297. The lowest BCUT2D eigenvalue weighted by atomic mass is 9.41. The molecule has 8 aliphatic rings. The predicted molar refractivity (Wildman–Crippen MR) is 172 cm³/mol. The van der Waals surface area contributed by atoms with E-state index in [9.17, 15) is 9.59 Å². The van der Waals surface area contributed by atoms with Crippen molar-refractivity contribution in [1.82, 2.24) is 4.90 Å². The lowest BCUT2D eigenvalue weighted by molar-refractivity contribution is -0.246. The third kappa shape index (κ3) is 4.51. The Labute approximate surface area is 271 Å². The second kappa shape index (κ2) is 10.4. The Morgan fingerprint density at radius 3 is 2.47 bits per heavy atom. The largest absolute Gasteiger partial charge is 0.375 e. The van der Waals surface area contributed by atoms with Crippen molar-refractivity contribution in [3.63, 3.8) is 0 Å². The van der Waals surface area contributed by atoms with Gasteiger partial charge in [-0.1, -0.05) is 34.6 Å². The van der Waals surface area contributed by atoms with Crippen molar-refractivity contribution in [3.05, 3.63) is 0 Å². The van der Waals surface area contributed by atoms with Gasteiger partial charge in [0.1, 0.15) is 0 Å². The van der Waals surface area contributed by atoms with Crippen molar-refractivity contribution in [2.75, 3.05) is 19.7 Å². The van der Waals surface area contributed by atoms with Crippen LogP contribution < -0.4 is 5.73 Å². The maximum absolute atomic E-state index is 12.9.